The number of ether oxygens (including phenoxy) is 1. The minimum absolute atomic E-state index is 0.680. The average Bonchev–Trinajstić information content (AvgIpc) is 3.06. The standard InChI is InChI=1S/C19H22NO3PS/c1-4-22-24(23-5-2)13-14-6-8-15(9-7-14)19-20-17-11-10-16(21-3)12-18(17)25-19/h6-12H,4-5,13H2,1-3H3. The van der Waals surface area contributed by atoms with E-state index in [1.807, 2.05) is 32.0 Å². The predicted octanol–water partition coefficient (Wildman–Crippen LogP) is 5.86. The molecule has 6 heteroatoms. The molecule has 2 aromatic carbocycles. The van der Waals surface area contributed by atoms with Gasteiger partial charge in [-0.05, 0) is 37.6 Å². The zero-order chi connectivity index (χ0) is 17.6. The lowest BCUT2D eigenvalue weighted by Gasteiger charge is -2.15. The van der Waals surface area contributed by atoms with Crippen molar-refractivity contribution >= 4 is 29.9 Å². The highest BCUT2D eigenvalue weighted by Gasteiger charge is 2.11. The van der Waals surface area contributed by atoms with Crippen LogP contribution in [0, 0.1) is 0 Å². The summed E-state index contributed by atoms with van der Waals surface area (Å²) in [5.41, 5.74) is 3.35. The first-order chi connectivity index (χ1) is 12.2. The molecular weight excluding hydrogens is 353 g/mol. The zero-order valence-corrected chi connectivity index (χ0v) is 16.4. The molecule has 0 fully saturated rings. The van der Waals surface area contributed by atoms with Crippen LogP contribution in [0.25, 0.3) is 20.8 Å². The molecule has 3 rings (SSSR count). The van der Waals surface area contributed by atoms with E-state index in [9.17, 15) is 0 Å². The minimum Gasteiger partial charge on any atom is -0.497 e. The third-order valence-corrected chi connectivity index (χ3v) is 6.44. The summed E-state index contributed by atoms with van der Waals surface area (Å²) in [4.78, 5) is 4.73. The number of methoxy groups -OCH3 is 1. The van der Waals surface area contributed by atoms with Gasteiger partial charge in [0.15, 0.2) is 8.38 Å². The van der Waals surface area contributed by atoms with Crippen molar-refractivity contribution in [1.29, 1.82) is 0 Å². The normalized spacial score (nSPS) is 11.4. The van der Waals surface area contributed by atoms with Crippen LogP contribution in [0.3, 0.4) is 0 Å². The van der Waals surface area contributed by atoms with Crippen LogP contribution < -0.4 is 4.74 Å². The number of aromatic nitrogens is 1. The van der Waals surface area contributed by atoms with Crippen LogP contribution in [0.4, 0.5) is 0 Å². The topological polar surface area (TPSA) is 40.6 Å². The largest absolute Gasteiger partial charge is 0.497 e. The molecule has 0 saturated carbocycles. The van der Waals surface area contributed by atoms with Gasteiger partial charge < -0.3 is 13.8 Å². The highest BCUT2D eigenvalue weighted by atomic mass is 32.1. The molecule has 0 radical (unpaired) electrons. The summed E-state index contributed by atoms with van der Waals surface area (Å²) >= 11 is 1.68. The molecule has 0 spiro atoms. The van der Waals surface area contributed by atoms with Crippen LogP contribution in [0.2, 0.25) is 0 Å². The van der Waals surface area contributed by atoms with E-state index in [2.05, 4.69) is 24.3 Å². The molecule has 3 aromatic rings. The maximum absolute atomic E-state index is 5.68. The summed E-state index contributed by atoms with van der Waals surface area (Å²) in [7, 11) is 0.832. The fourth-order valence-electron chi connectivity index (χ4n) is 2.47. The first-order valence-corrected chi connectivity index (χ1v) is 10.5. The minimum atomic E-state index is -0.850. The van der Waals surface area contributed by atoms with E-state index >= 15 is 0 Å². The van der Waals surface area contributed by atoms with Gasteiger partial charge in [0.1, 0.15) is 10.8 Å². The second-order valence-corrected chi connectivity index (χ2v) is 7.90. The third-order valence-electron chi connectivity index (χ3n) is 3.65. The zero-order valence-electron chi connectivity index (χ0n) is 14.7. The Hall–Kier alpha value is -1.52. The molecule has 0 aliphatic heterocycles. The Bertz CT molecular complexity index is 813. The maximum atomic E-state index is 5.68. The molecule has 1 heterocycles. The van der Waals surface area contributed by atoms with Crippen molar-refractivity contribution in [3.63, 3.8) is 0 Å². The number of fused-ring (bicyclic) bond motifs is 1. The van der Waals surface area contributed by atoms with Crippen LogP contribution in [0.1, 0.15) is 19.4 Å². The molecule has 4 nitrogen and oxygen atoms in total. The van der Waals surface area contributed by atoms with Gasteiger partial charge in [0.05, 0.1) is 30.5 Å². The van der Waals surface area contributed by atoms with E-state index < -0.39 is 8.38 Å². The molecule has 0 aliphatic carbocycles. The van der Waals surface area contributed by atoms with Gasteiger partial charge in [-0.25, -0.2) is 4.98 Å². The van der Waals surface area contributed by atoms with Gasteiger partial charge >= 0.3 is 0 Å². The summed E-state index contributed by atoms with van der Waals surface area (Å²) in [5.74, 6) is 0.859. The Kier molecular flexibility index (Phi) is 6.38. The molecular formula is C19H22NO3PS. The van der Waals surface area contributed by atoms with Gasteiger partial charge in [-0.15, -0.1) is 11.3 Å². The van der Waals surface area contributed by atoms with E-state index in [4.69, 9.17) is 18.8 Å². The van der Waals surface area contributed by atoms with Crippen molar-refractivity contribution in [2.75, 3.05) is 20.3 Å². The molecule has 0 atom stereocenters. The third kappa shape index (κ3) is 4.56. The predicted molar refractivity (Wildman–Crippen MR) is 105 cm³/mol. The lowest BCUT2D eigenvalue weighted by Crippen LogP contribution is -1.94. The molecule has 0 saturated heterocycles. The van der Waals surface area contributed by atoms with Crippen molar-refractivity contribution < 1.29 is 13.8 Å². The lowest BCUT2D eigenvalue weighted by molar-refractivity contribution is 0.268. The number of thiazole rings is 1. The van der Waals surface area contributed by atoms with Gasteiger partial charge in [0.25, 0.3) is 0 Å². The van der Waals surface area contributed by atoms with E-state index in [-0.39, 0.29) is 0 Å². The van der Waals surface area contributed by atoms with Crippen molar-refractivity contribution in [2.24, 2.45) is 0 Å². The van der Waals surface area contributed by atoms with E-state index in [1.165, 1.54) is 5.56 Å². The molecule has 0 N–H and O–H groups in total. The quantitative estimate of drug-likeness (QED) is 0.463. The first-order valence-electron chi connectivity index (χ1n) is 8.30. The SMILES string of the molecule is CCOP(Cc1ccc(-c2nc3ccc(OC)cc3s2)cc1)OCC. The molecule has 1 aromatic heterocycles. The fourth-order valence-corrected chi connectivity index (χ4v) is 4.82. The van der Waals surface area contributed by atoms with Crippen molar-refractivity contribution in [3.05, 3.63) is 48.0 Å². The number of benzene rings is 2. The Morgan fingerprint density at radius 3 is 2.36 bits per heavy atom. The second kappa shape index (κ2) is 8.72. The molecule has 25 heavy (non-hydrogen) atoms. The average molecular weight is 375 g/mol. The molecule has 0 unspecified atom stereocenters. The molecule has 0 bridgehead atoms. The maximum Gasteiger partial charge on any atom is 0.175 e. The number of hydrogen-bond donors (Lipinski definition) is 0. The summed E-state index contributed by atoms with van der Waals surface area (Å²) in [6, 6.07) is 14.5. The van der Waals surface area contributed by atoms with E-state index in [0.717, 1.165) is 32.7 Å². The van der Waals surface area contributed by atoms with Crippen molar-refractivity contribution in [3.8, 4) is 16.3 Å². The van der Waals surface area contributed by atoms with Gasteiger partial charge in [0.2, 0.25) is 0 Å². The second-order valence-electron chi connectivity index (χ2n) is 5.38. The first kappa shape index (κ1) is 18.3. The van der Waals surface area contributed by atoms with Gasteiger partial charge in [-0.1, -0.05) is 24.3 Å². The van der Waals surface area contributed by atoms with Crippen LogP contribution in [-0.4, -0.2) is 25.3 Å². The monoisotopic (exact) mass is 375 g/mol. The van der Waals surface area contributed by atoms with Crippen LogP contribution in [0.15, 0.2) is 42.5 Å². The number of hydrogen-bond acceptors (Lipinski definition) is 5. The summed E-state index contributed by atoms with van der Waals surface area (Å²) < 4.78 is 17.8. The highest BCUT2D eigenvalue weighted by molar-refractivity contribution is 7.46. The van der Waals surface area contributed by atoms with Crippen molar-refractivity contribution in [1.82, 2.24) is 4.98 Å². The van der Waals surface area contributed by atoms with E-state index in [1.54, 1.807) is 18.4 Å². The lowest BCUT2D eigenvalue weighted by atomic mass is 10.2. The Labute approximate surface area is 153 Å². The Morgan fingerprint density at radius 1 is 1.00 bits per heavy atom. The van der Waals surface area contributed by atoms with Gasteiger partial charge in [-0.2, -0.15) is 0 Å². The van der Waals surface area contributed by atoms with Crippen LogP contribution >= 0.6 is 19.7 Å². The number of nitrogens with zero attached hydrogens (tertiary/aromatic N) is 1. The van der Waals surface area contributed by atoms with Gasteiger partial charge in [-0.3, -0.25) is 0 Å². The molecule has 132 valence electrons. The summed E-state index contributed by atoms with van der Waals surface area (Å²) in [6.07, 6.45) is 0.814. The summed E-state index contributed by atoms with van der Waals surface area (Å²) in [6.45, 7) is 5.36. The van der Waals surface area contributed by atoms with Gasteiger partial charge in [0, 0.05) is 11.7 Å². The smallest absolute Gasteiger partial charge is 0.175 e. The fraction of sp³-hybridized carbons (Fsp3) is 0.316. The molecule has 0 amide bonds. The van der Waals surface area contributed by atoms with Crippen molar-refractivity contribution in [2.45, 2.75) is 20.0 Å². The molecule has 0 aliphatic rings. The van der Waals surface area contributed by atoms with Crippen LogP contribution in [-0.2, 0) is 15.2 Å². The Balaban J connectivity index is 1.77. The highest BCUT2D eigenvalue weighted by Crippen LogP contribution is 2.42. The van der Waals surface area contributed by atoms with E-state index in [0.29, 0.717) is 13.2 Å². The summed E-state index contributed by atoms with van der Waals surface area (Å²) in [5, 5.41) is 1.02. The Morgan fingerprint density at radius 2 is 1.72 bits per heavy atom. The number of rotatable bonds is 8. The van der Waals surface area contributed by atoms with Crippen LogP contribution in [0.5, 0.6) is 5.75 Å².